The van der Waals surface area contributed by atoms with Gasteiger partial charge in [-0.05, 0) is 13.3 Å². The Hall–Kier alpha value is -2.53. The van der Waals surface area contributed by atoms with E-state index < -0.39 is 0 Å². The number of nitriles is 1. The predicted octanol–water partition coefficient (Wildman–Crippen LogP) is 1.57. The van der Waals surface area contributed by atoms with Gasteiger partial charge in [0.05, 0.1) is 25.0 Å². The summed E-state index contributed by atoms with van der Waals surface area (Å²) in [6.07, 6.45) is 3.52. The van der Waals surface area contributed by atoms with Crippen molar-refractivity contribution in [2.45, 2.75) is 39.8 Å². The molecule has 0 saturated carbocycles. The van der Waals surface area contributed by atoms with E-state index in [4.69, 9.17) is 4.74 Å². The maximum Gasteiger partial charge on any atom is 0.146 e. The summed E-state index contributed by atoms with van der Waals surface area (Å²) in [4.78, 5) is 11.1. The summed E-state index contributed by atoms with van der Waals surface area (Å²) in [5.41, 5.74) is 1.42. The molecular weight excluding hydrogens is 318 g/mol. The van der Waals surface area contributed by atoms with E-state index in [2.05, 4.69) is 31.2 Å². The number of rotatable bonds is 7. The lowest BCUT2D eigenvalue weighted by atomic mass is 10.1. The molecule has 132 valence electrons. The molecule has 2 aromatic rings. The van der Waals surface area contributed by atoms with Crippen LogP contribution in [0.3, 0.4) is 0 Å². The SMILES string of the molecule is CCc1nc(C#N)cc(N(Cc2cnnn2CC)C[C@@H]2CCOC2)n1. The van der Waals surface area contributed by atoms with Gasteiger partial charge in [-0.1, -0.05) is 12.1 Å². The summed E-state index contributed by atoms with van der Waals surface area (Å²) in [6, 6.07) is 3.90. The van der Waals surface area contributed by atoms with Gasteiger partial charge in [0.1, 0.15) is 23.4 Å². The van der Waals surface area contributed by atoms with Crippen LogP contribution in [0.2, 0.25) is 0 Å². The van der Waals surface area contributed by atoms with Crippen LogP contribution >= 0.6 is 0 Å². The van der Waals surface area contributed by atoms with Crippen molar-refractivity contribution in [3.8, 4) is 6.07 Å². The fraction of sp³-hybridized carbons (Fsp3) is 0.588. The molecule has 3 rings (SSSR count). The molecule has 1 saturated heterocycles. The topological polar surface area (TPSA) is 92.8 Å². The monoisotopic (exact) mass is 341 g/mol. The molecule has 1 aliphatic rings. The van der Waals surface area contributed by atoms with Gasteiger partial charge < -0.3 is 9.64 Å². The zero-order valence-corrected chi connectivity index (χ0v) is 14.7. The Morgan fingerprint density at radius 3 is 2.96 bits per heavy atom. The van der Waals surface area contributed by atoms with Gasteiger partial charge >= 0.3 is 0 Å². The van der Waals surface area contributed by atoms with Gasteiger partial charge in [0.25, 0.3) is 0 Å². The molecule has 0 N–H and O–H groups in total. The van der Waals surface area contributed by atoms with Gasteiger partial charge in [-0.15, -0.1) is 5.10 Å². The van der Waals surface area contributed by atoms with Gasteiger partial charge in [-0.25, -0.2) is 14.6 Å². The van der Waals surface area contributed by atoms with Gasteiger partial charge in [0, 0.05) is 38.1 Å². The van der Waals surface area contributed by atoms with Gasteiger partial charge in [-0.3, -0.25) is 0 Å². The molecule has 0 aromatic carbocycles. The van der Waals surface area contributed by atoms with Crippen LogP contribution in [-0.4, -0.2) is 44.7 Å². The third-order valence-corrected chi connectivity index (χ3v) is 4.37. The Labute approximate surface area is 147 Å². The van der Waals surface area contributed by atoms with E-state index in [0.717, 1.165) is 44.2 Å². The molecule has 1 aliphatic heterocycles. The van der Waals surface area contributed by atoms with Crippen molar-refractivity contribution < 1.29 is 4.74 Å². The third kappa shape index (κ3) is 4.12. The van der Waals surface area contributed by atoms with Crippen LogP contribution in [0.5, 0.6) is 0 Å². The van der Waals surface area contributed by atoms with Crippen molar-refractivity contribution in [3.63, 3.8) is 0 Å². The second-order valence-corrected chi connectivity index (χ2v) is 6.14. The lowest BCUT2D eigenvalue weighted by Gasteiger charge is -2.26. The van der Waals surface area contributed by atoms with Crippen LogP contribution < -0.4 is 4.90 Å². The average molecular weight is 341 g/mol. The smallest absolute Gasteiger partial charge is 0.146 e. The van der Waals surface area contributed by atoms with E-state index in [1.165, 1.54) is 0 Å². The normalized spacial score (nSPS) is 16.8. The number of aryl methyl sites for hydroxylation is 2. The second kappa shape index (κ2) is 8.03. The first-order valence-corrected chi connectivity index (χ1v) is 8.71. The largest absolute Gasteiger partial charge is 0.381 e. The average Bonchev–Trinajstić information content (AvgIpc) is 3.32. The molecule has 0 spiro atoms. The van der Waals surface area contributed by atoms with Crippen molar-refractivity contribution in [2.24, 2.45) is 5.92 Å². The second-order valence-electron chi connectivity index (χ2n) is 6.14. The first-order valence-electron chi connectivity index (χ1n) is 8.71. The molecule has 0 amide bonds. The third-order valence-electron chi connectivity index (χ3n) is 4.37. The van der Waals surface area contributed by atoms with Crippen molar-refractivity contribution >= 4 is 5.82 Å². The Kier molecular flexibility index (Phi) is 5.56. The van der Waals surface area contributed by atoms with Crippen LogP contribution in [0.15, 0.2) is 12.3 Å². The molecule has 0 aliphatic carbocycles. The number of aromatic nitrogens is 5. The highest BCUT2D eigenvalue weighted by Crippen LogP contribution is 2.21. The zero-order chi connectivity index (χ0) is 17.6. The first-order chi connectivity index (χ1) is 12.2. The maximum atomic E-state index is 9.28. The van der Waals surface area contributed by atoms with Crippen molar-refractivity contribution in [1.29, 1.82) is 5.26 Å². The fourth-order valence-corrected chi connectivity index (χ4v) is 3.00. The highest BCUT2D eigenvalue weighted by Gasteiger charge is 2.22. The minimum absolute atomic E-state index is 0.400. The highest BCUT2D eigenvalue weighted by molar-refractivity contribution is 5.43. The number of nitrogens with zero attached hydrogens (tertiary/aromatic N) is 7. The number of hydrogen-bond donors (Lipinski definition) is 0. The van der Waals surface area contributed by atoms with E-state index in [1.54, 1.807) is 12.3 Å². The molecule has 0 radical (unpaired) electrons. The van der Waals surface area contributed by atoms with Crippen LogP contribution in [0.1, 0.15) is 37.5 Å². The number of anilines is 1. The Balaban J connectivity index is 1.91. The van der Waals surface area contributed by atoms with E-state index in [9.17, 15) is 5.26 Å². The molecule has 8 heteroatoms. The lowest BCUT2D eigenvalue weighted by molar-refractivity contribution is 0.186. The van der Waals surface area contributed by atoms with Crippen LogP contribution in [0, 0.1) is 17.2 Å². The Bertz CT molecular complexity index is 746. The molecule has 1 fully saturated rings. The molecule has 1 atom stereocenters. The highest BCUT2D eigenvalue weighted by atomic mass is 16.5. The summed E-state index contributed by atoms with van der Waals surface area (Å²) in [6.45, 7) is 7.83. The minimum atomic E-state index is 0.400. The van der Waals surface area contributed by atoms with Crippen LogP contribution in [0.4, 0.5) is 5.82 Å². The standard InChI is InChI=1S/C17H23N7O/c1-3-16-20-14(8-18)7-17(21-16)23(10-13-5-6-25-12-13)11-15-9-19-22-24(15)4-2/h7,9,13H,3-6,10-12H2,1-2H3/t13-/m0/s1. The predicted molar refractivity (Wildman–Crippen MR) is 91.8 cm³/mol. The van der Waals surface area contributed by atoms with Crippen molar-refractivity contribution in [1.82, 2.24) is 25.0 Å². The molecular formula is C17H23N7O. The van der Waals surface area contributed by atoms with Crippen LogP contribution in [-0.2, 0) is 24.2 Å². The summed E-state index contributed by atoms with van der Waals surface area (Å²) >= 11 is 0. The Morgan fingerprint density at radius 2 is 2.28 bits per heavy atom. The van der Waals surface area contributed by atoms with Crippen molar-refractivity contribution in [2.75, 3.05) is 24.7 Å². The van der Waals surface area contributed by atoms with Crippen molar-refractivity contribution in [3.05, 3.63) is 29.5 Å². The number of hydrogen-bond acceptors (Lipinski definition) is 7. The lowest BCUT2D eigenvalue weighted by Crippen LogP contribution is -2.31. The molecule has 0 unspecified atom stereocenters. The molecule has 25 heavy (non-hydrogen) atoms. The van der Waals surface area contributed by atoms with Gasteiger partial charge in [0.2, 0.25) is 0 Å². The first kappa shape index (κ1) is 17.3. The van der Waals surface area contributed by atoms with E-state index in [1.807, 2.05) is 18.5 Å². The number of ether oxygens (including phenoxy) is 1. The summed E-state index contributed by atoms with van der Waals surface area (Å²) in [5, 5.41) is 17.4. The molecule has 8 nitrogen and oxygen atoms in total. The fourth-order valence-electron chi connectivity index (χ4n) is 3.00. The van der Waals surface area contributed by atoms with Gasteiger partial charge in [0.15, 0.2) is 0 Å². The zero-order valence-electron chi connectivity index (χ0n) is 14.7. The summed E-state index contributed by atoms with van der Waals surface area (Å²) in [7, 11) is 0. The Morgan fingerprint density at radius 1 is 1.40 bits per heavy atom. The molecule has 0 bridgehead atoms. The van der Waals surface area contributed by atoms with E-state index >= 15 is 0 Å². The molecule has 3 heterocycles. The van der Waals surface area contributed by atoms with Crippen LogP contribution in [0.25, 0.3) is 0 Å². The quantitative estimate of drug-likeness (QED) is 0.754. The van der Waals surface area contributed by atoms with E-state index in [-0.39, 0.29) is 0 Å². The summed E-state index contributed by atoms with van der Waals surface area (Å²) < 4.78 is 7.40. The van der Waals surface area contributed by atoms with E-state index in [0.29, 0.717) is 30.4 Å². The minimum Gasteiger partial charge on any atom is -0.381 e. The van der Waals surface area contributed by atoms with Gasteiger partial charge in [-0.2, -0.15) is 5.26 Å². The molecule has 2 aromatic heterocycles. The summed E-state index contributed by atoms with van der Waals surface area (Å²) in [5.74, 6) is 1.92. The maximum absolute atomic E-state index is 9.28.